The number of carboxylic acid groups (broad SMARTS) is 1. The van der Waals surface area contributed by atoms with Gasteiger partial charge in [-0.05, 0) is 76.7 Å². The Morgan fingerprint density at radius 1 is 0.683 bits per heavy atom. The van der Waals surface area contributed by atoms with Gasteiger partial charge in [0.15, 0.2) is 0 Å². The third kappa shape index (κ3) is 29.9. The van der Waals surface area contributed by atoms with Gasteiger partial charge < -0.3 is 15.2 Å². The first-order valence-electron chi connectivity index (χ1n) is 15.9. The summed E-state index contributed by atoms with van der Waals surface area (Å²) < 4.78 is 5.81. The summed E-state index contributed by atoms with van der Waals surface area (Å²) in [4.78, 5) is 34.6. The molecule has 0 aromatic carbocycles. The monoisotopic (exact) mass is 571 g/mol. The van der Waals surface area contributed by atoms with Crippen molar-refractivity contribution < 1.29 is 24.2 Å². The Morgan fingerprint density at radius 2 is 1.27 bits per heavy atom. The van der Waals surface area contributed by atoms with Crippen molar-refractivity contribution in [3.63, 3.8) is 0 Å². The minimum absolute atomic E-state index is 0.133. The third-order valence-corrected chi connectivity index (χ3v) is 6.41. The highest BCUT2D eigenvalue weighted by atomic mass is 16.5. The highest BCUT2D eigenvalue weighted by Gasteiger charge is 2.11. The van der Waals surface area contributed by atoms with Gasteiger partial charge in [0.05, 0.1) is 0 Å². The van der Waals surface area contributed by atoms with Crippen molar-refractivity contribution in [3.05, 3.63) is 60.8 Å². The molecule has 2 N–H and O–H groups in total. The smallest absolute Gasteiger partial charge is 0.322 e. The van der Waals surface area contributed by atoms with Gasteiger partial charge in [-0.1, -0.05) is 101 Å². The molecule has 6 nitrogen and oxygen atoms in total. The first-order valence-corrected chi connectivity index (χ1v) is 15.9. The lowest BCUT2D eigenvalue weighted by atomic mass is 10.1. The maximum absolute atomic E-state index is 12.5. The Balaban J connectivity index is 4.29. The van der Waals surface area contributed by atoms with E-state index in [9.17, 15) is 14.4 Å². The van der Waals surface area contributed by atoms with Gasteiger partial charge >= 0.3 is 11.9 Å². The number of unbranched alkanes of at least 4 members (excludes halogenated alkanes) is 8. The van der Waals surface area contributed by atoms with E-state index in [4.69, 9.17) is 9.84 Å². The molecular formula is C35H57NO5. The molecule has 0 aromatic rings. The Labute approximate surface area is 250 Å². The molecule has 1 amide bonds. The van der Waals surface area contributed by atoms with Crippen LogP contribution in [0.5, 0.6) is 0 Å². The molecule has 0 heterocycles. The zero-order valence-electron chi connectivity index (χ0n) is 25.9. The van der Waals surface area contributed by atoms with Gasteiger partial charge in [-0.2, -0.15) is 0 Å². The molecule has 0 aliphatic rings. The molecule has 0 radical (unpaired) electrons. The van der Waals surface area contributed by atoms with Crippen molar-refractivity contribution in [2.24, 2.45) is 0 Å². The number of carbonyl (C=O) groups excluding carboxylic acids is 2. The summed E-state index contributed by atoms with van der Waals surface area (Å²) >= 11 is 0. The number of allylic oxidation sites excluding steroid dienone is 9. The first-order chi connectivity index (χ1) is 20.0. The summed E-state index contributed by atoms with van der Waals surface area (Å²) in [6.07, 6.45) is 37.8. The van der Waals surface area contributed by atoms with Crippen LogP contribution in [0, 0.1) is 0 Å². The number of hydrogen-bond donors (Lipinski definition) is 2. The number of hydrogen-bond acceptors (Lipinski definition) is 4. The Kier molecular flexibility index (Phi) is 28.0. The van der Waals surface area contributed by atoms with Crippen molar-refractivity contribution in [2.75, 3.05) is 6.54 Å². The Hall–Kier alpha value is -2.89. The van der Waals surface area contributed by atoms with Gasteiger partial charge in [-0.3, -0.25) is 14.4 Å². The molecule has 0 aliphatic heterocycles. The summed E-state index contributed by atoms with van der Waals surface area (Å²) in [5.74, 6) is -1.40. The van der Waals surface area contributed by atoms with Crippen LogP contribution in [0.15, 0.2) is 60.8 Å². The maximum atomic E-state index is 12.5. The molecule has 0 aliphatic carbocycles. The van der Waals surface area contributed by atoms with E-state index in [2.05, 4.69) is 73.8 Å². The number of amides is 1. The van der Waals surface area contributed by atoms with Crippen LogP contribution in [-0.2, 0) is 19.1 Å². The van der Waals surface area contributed by atoms with Crippen LogP contribution >= 0.6 is 0 Å². The van der Waals surface area contributed by atoms with Crippen LogP contribution in [0.4, 0.5) is 0 Å². The molecule has 0 saturated heterocycles. The second kappa shape index (κ2) is 30.1. The maximum Gasteiger partial charge on any atom is 0.322 e. The largest absolute Gasteiger partial charge is 0.480 e. The number of ether oxygens (including phenoxy) is 1. The fourth-order valence-electron chi connectivity index (χ4n) is 4.05. The van der Waals surface area contributed by atoms with Gasteiger partial charge in [0.25, 0.3) is 0 Å². The molecule has 0 spiro atoms. The first kappa shape index (κ1) is 38.1. The molecule has 0 bridgehead atoms. The molecule has 0 rings (SSSR count). The molecule has 0 aromatic heterocycles. The Morgan fingerprint density at radius 3 is 1.95 bits per heavy atom. The number of rotatable bonds is 27. The predicted molar refractivity (Wildman–Crippen MR) is 171 cm³/mol. The normalized spacial score (nSPS) is 12.8. The summed E-state index contributed by atoms with van der Waals surface area (Å²) in [6, 6.07) is 0. The van der Waals surface area contributed by atoms with E-state index < -0.39 is 5.97 Å². The van der Waals surface area contributed by atoms with Gasteiger partial charge in [0.2, 0.25) is 5.91 Å². The molecule has 232 valence electrons. The van der Waals surface area contributed by atoms with Gasteiger partial charge in [0, 0.05) is 12.8 Å². The van der Waals surface area contributed by atoms with Gasteiger partial charge in [-0.25, -0.2) is 0 Å². The number of nitrogens with one attached hydrogen (secondary N) is 1. The lowest BCUT2D eigenvalue weighted by molar-refractivity contribution is -0.147. The molecule has 0 saturated carbocycles. The average Bonchev–Trinajstić information content (AvgIpc) is 2.95. The van der Waals surface area contributed by atoms with Crippen molar-refractivity contribution in [1.82, 2.24) is 5.32 Å². The topological polar surface area (TPSA) is 92.7 Å². The van der Waals surface area contributed by atoms with E-state index in [1.54, 1.807) is 0 Å². The molecule has 0 fully saturated rings. The number of carbonyl (C=O) groups is 3. The van der Waals surface area contributed by atoms with Crippen molar-refractivity contribution in [3.8, 4) is 0 Å². The highest BCUT2D eigenvalue weighted by Crippen LogP contribution is 2.14. The van der Waals surface area contributed by atoms with Gasteiger partial charge in [-0.15, -0.1) is 0 Å². The van der Waals surface area contributed by atoms with Crippen LogP contribution in [0.25, 0.3) is 0 Å². The summed E-state index contributed by atoms with van der Waals surface area (Å²) in [5, 5.41) is 11.0. The van der Waals surface area contributed by atoms with Crippen molar-refractivity contribution in [1.29, 1.82) is 0 Å². The quantitative estimate of drug-likeness (QED) is 0.0583. The Bertz CT molecular complexity index is 809. The second-order valence-corrected chi connectivity index (χ2v) is 10.3. The number of aliphatic carboxylic acids is 1. The summed E-state index contributed by atoms with van der Waals surface area (Å²) in [7, 11) is 0. The number of esters is 1. The van der Waals surface area contributed by atoms with E-state index in [0.29, 0.717) is 12.8 Å². The average molecular weight is 572 g/mol. The molecule has 41 heavy (non-hydrogen) atoms. The highest BCUT2D eigenvalue weighted by molar-refractivity contribution is 5.80. The van der Waals surface area contributed by atoms with E-state index in [-0.39, 0.29) is 24.5 Å². The third-order valence-electron chi connectivity index (χ3n) is 6.41. The minimum Gasteiger partial charge on any atom is -0.480 e. The van der Waals surface area contributed by atoms with Crippen molar-refractivity contribution >= 4 is 17.8 Å². The summed E-state index contributed by atoms with van der Waals surface area (Å²) in [5.41, 5.74) is 0. The lowest BCUT2D eigenvalue weighted by Gasteiger charge is -2.14. The van der Waals surface area contributed by atoms with E-state index >= 15 is 0 Å². The lowest BCUT2D eigenvalue weighted by Crippen LogP contribution is -2.28. The van der Waals surface area contributed by atoms with Crippen LogP contribution in [0.3, 0.4) is 0 Å². The zero-order valence-corrected chi connectivity index (χ0v) is 25.9. The molecule has 1 atom stereocenters. The van der Waals surface area contributed by atoms with E-state index in [1.807, 2.05) is 6.08 Å². The predicted octanol–water partition coefficient (Wildman–Crippen LogP) is 8.94. The minimum atomic E-state index is -1.04. The fraction of sp³-hybridized carbons (Fsp3) is 0.629. The van der Waals surface area contributed by atoms with Gasteiger partial charge in [0.1, 0.15) is 12.6 Å². The van der Waals surface area contributed by atoms with Crippen LogP contribution in [-0.4, -0.2) is 35.6 Å². The summed E-state index contributed by atoms with van der Waals surface area (Å²) in [6.45, 7) is 3.99. The molecule has 6 heteroatoms. The molecular weight excluding hydrogens is 514 g/mol. The molecule has 1 unspecified atom stereocenters. The van der Waals surface area contributed by atoms with Crippen LogP contribution in [0.2, 0.25) is 0 Å². The van der Waals surface area contributed by atoms with Crippen LogP contribution < -0.4 is 5.32 Å². The SMILES string of the molecule is CC/C=C\C/C=C\C/C=C\CCCCCC(=O)OC(/C=C\C/C=C\CCCC)CCCCCCC(=O)NCC(=O)O. The van der Waals surface area contributed by atoms with E-state index in [0.717, 1.165) is 89.9 Å². The second-order valence-electron chi connectivity index (χ2n) is 10.3. The van der Waals surface area contributed by atoms with Crippen LogP contribution in [0.1, 0.15) is 129 Å². The van der Waals surface area contributed by atoms with E-state index in [1.165, 1.54) is 12.8 Å². The standard InChI is InChI=1S/C35H57NO5/c1-3-5-7-9-11-12-13-14-15-16-18-20-26-30-35(40)41-32(27-23-19-17-10-8-6-4-2)28-24-21-22-25-29-33(37)36-31-34(38)39/h5,7,10-12,14-15,17,23,27,32H,3-4,6,8-9,13,16,18-22,24-26,28-31H2,1-2H3,(H,36,37)(H,38,39)/b7-5-,12-11-,15-14-,17-10-,27-23-. The number of carboxylic acids is 1. The van der Waals surface area contributed by atoms with Crippen molar-refractivity contribution in [2.45, 2.75) is 136 Å². The fourth-order valence-corrected chi connectivity index (χ4v) is 4.05. The zero-order chi connectivity index (χ0) is 30.2.